The Bertz CT molecular complexity index is 67.0. The van der Waals surface area contributed by atoms with E-state index >= 15 is 0 Å². The summed E-state index contributed by atoms with van der Waals surface area (Å²) in [4.78, 5) is 2.39. The molecule has 1 saturated heterocycles. The van der Waals surface area contributed by atoms with Crippen molar-refractivity contribution in [2.45, 2.75) is 13.8 Å². The fourth-order valence-corrected chi connectivity index (χ4v) is 1.12. The van der Waals surface area contributed by atoms with Gasteiger partial charge in [0.15, 0.2) is 0 Å². The van der Waals surface area contributed by atoms with Crippen LogP contribution >= 0.6 is 0 Å². The van der Waals surface area contributed by atoms with Gasteiger partial charge in [-0.05, 0) is 0 Å². The summed E-state index contributed by atoms with van der Waals surface area (Å²) in [5.74, 6) is 0. The van der Waals surface area contributed by atoms with Gasteiger partial charge >= 0.3 is 0 Å². The van der Waals surface area contributed by atoms with Crippen molar-refractivity contribution in [2.24, 2.45) is 5.73 Å². The third kappa shape index (κ3) is 5.18. The Morgan fingerprint density at radius 3 is 2.27 bits per heavy atom. The number of nitrogens with zero attached hydrogens (tertiary/aromatic N) is 1. The normalized spacial score (nSPS) is 18.8. The molecule has 3 nitrogen and oxygen atoms in total. The lowest BCUT2D eigenvalue weighted by atomic mass is 10.3. The molecule has 68 valence electrons. The first kappa shape index (κ1) is 10.9. The Morgan fingerprint density at radius 2 is 1.82 bits per heavy atom. The van der Waals surface area contributed by atoms with Gasteiger partial charge in [-0.3, -0.25) is 4.90 Å². The van der Waals surface area contributed by atoms with Crippen LogP contribution in [0.25, 0.3) is 0 Å². The predicted octanol–water partition coefficient (Wildman–Crippen LogP) is -0.123. The molecule has 0 bridgehead atoms. The summed E-state index contributed by atoms with van der Waals surface area (Å²) in [6.45, 7) is 10.4. The maximum absolute atomic E-state index is 5.40. The maximum Gasteiger partial charge on any atom is 0.0108 e. The van der Waals surface area contributed by atoms with Crippen LogP contribution in [-0.2, 0) is 0 Å². The van der Waals surface area contributed by atoms with Crippen molar-refractivity contribution in [3.63, 3.8) is 0 Å². The average Bonchev–Trinajstić information content (AvgIpc) is 2.11. The molecule has 0 radical (unpaired) electrons. The van der Waals surface area contributed by atoms with Crippen molar-refractivity contribution >= 4 is 0 Å². The Balaban J connectivity index is 0.000000461. The fraction of sp³-hybridized carbons (Fsp3) is 1.00. The number of nitrogens with two attached hydrogens (primary N) is 1. The molecule has 0 aliphatic carbocycles. The van der Waals surface area contributed by atoms with Gasteiger partial charge in [-0.25, -0.2) is 0 Å². The molecule has 3 N–H and O–H groups in total. The van der Waals surface area contributed by atoms with E-state index in [1.165, 1.54) is 0 Å². The number of hydrogen-bond donors (Lipinski definition) is 2. The van der Waals surface area contributed by atoms with E-state index in [2.05, 4.69) is 10.2 Å². The van der Waals surface area contributed by atoms with E-state index in [1.54, 1.807) is 0 Å². The quantitative estimate of drug-likeness (QED) is 0.590. The highest BCUT2D eigenvalue weighted by molar-refractivity contribution is 4.66. The minimum absolute atomic E-state index is 0.792. The van der Waals surface area contributed by atoms with Gasteiger partial charge in [-0.2, -0.15) is 0 Å². The lowest BCUT2D eigenvalue weighted by molar-refractivity contribution is 0.247. The van der Waals surface area contributed by atoms with E-state index in [1.807, 2.05) is 13.8 Å². The Hall–Kier alpha value is -0.120. The highest BCUT2D eigenvalue weighted by atomic mass is 15.2. The van der Waals surface area contributed by atoms with E-state index in [0.717, 1.165) is 39.3 Å². The molecule has 0 amide bonds. The summed E-state index contributed by atoms with van der Waals surface area (Å²) < 4.78 is 0. The minimum atomic E-state index is 0.792. The summed E-state index contributed by atoms with van der Waals surface area (Å²) in [6, 6.07) is 0. The maximum atomic E-state index is 5.40. The van der Waals surface area contributed by atoms with Crippen LogP contribution in [-0.4, -0.2) is 44.2 Å². The van der Waals surface area contributed by atoms with Crippen molar-refractivity contribution in [2.75, 3.05) is 39.3 Å². The third-order valence-electron chi connectivity index (χ3n) is 1.65. The molecule has 0 unspecified atom stereocenters. The van der Waals surface area contributed by atoms with Gasteiger partial charge in [0.05, 0.1) is 0 Å². The van der Waals surface area contributed by atoms with Gasteiger partial charge in [0, 0.05) is 39.3 Å². The molecule has 1 rings (SSSR count). The first-order valence-corrected chi connectivity index (χ1v) is 4.56. The zero-order valence-corrected chi connectivity index (χ0v) is 7.77. The highest BCUT2D eigenvalue weighted by Crippen LogP contribution is 1.88. The lowest BCUT2D eigenvalue weighted by Gasteiger charge is -2.26. The lowest BCUT2D eigenvalue weighted by Crippen LogP contribution is -2.45. The van der Waals surface area contributed by atoms with Crippen LogP contribution in [0.15, 0.2) is 0 Å². The van der Waals surface area contributed by atoms with Gasteiger partial charge in [0.2, 0.25) is 0 Å². The standard InChI is InChI=1S/C6H15N3.C2H6/c7-1-4-9-5-2-8-3-6-9;1-2/h8H,1-7H2;1-2H3. The van der Waals surface area contributed by atoms with Gasteiger partial charge in [0.1, 0.15) is 0 Å². The summed E-state index contributed by atoms with van der Waals surface area (Å²) in [5.41, 5.74) is 5.40. The van der Waals surface area contributed by atoms with Crippen molar-refractivity contribution in [1.29, 1.82) is 0 Å². The minimum Gasteiger partial charge on any atom is -0.329 e. The molecular weight excluding hydrogens is 138 g/mol. The zero-order valence-electron chi connectivity index (χ0n) is 7.77. The van der Waals surface area contributed by atoms with Crippen LogP contribution in [0.1, 0.15) is 13.8 Å². The van der Waals surface area contributed by atoms with Crippen LogP contribution < -0.4 is 11.1 Å². The van der Waals surface area contributed by atoms with Crippen molar-refractivity contribution < 1.29 is 0 Å². The number of nitrogens with one attached hydrogen (secondary N) is 1. The molecule has 1 heterocycles. The van der Waals surface area contributed by atoms with E-state index in [9.17, 15) is 0 Å². The Kier molecular flexibility index (Phi) is 7.89. The van der Waals surface area contributed by atoms with Gasteiger partial charge in [0.25, 0.3) is 0 Å². The van der Waals surface area contributed by atoms with Gasteiger partial charge in [-0.1, -0.05) is 13.8 Å². The molecule has 1 aliphatic heterocycles. The summed E-state index contributed by atoms with van der Waals surface area (Å²) in [5, 5.41) is 3.29. The topological polar surface area (TPSA) is 41.3 Å². The Labute approximate surface area is 69.9 Å². The molecule has 1 fully saturated rings. The first-order valence-electron chi connectivity index (χ1n) is 4.56. The molecule has 0 aromatic heterocycles. The van der Waals surface area contributed by atoms with Gasteiger partial charge in [-0.15, -0.1) is 0 Å². The Morgan fingerprint density at radius 1 is 1.27 bits per heavy atom. The number of rotatable bonds is 2. The molecule has 1 aliphatic rings. The second-order valence-electron chi connectivity index (χ2n) is 2.38. The molecule has 0 aromatic rings. The molecule has 0 aromatic carbocycles. The van der Waals surface area contributed by atoms with E-state index in [4.69, 9.17) is 5.73 Å². The number of hydrogen-bond acceptors (Lipinski definition) is 3. The summed E-state index contributed by atoms with van der Waals surface area (Å²) >= 11 is 0. The fourth-order valence-electron chi connectivity index (χ4n) is 1.12. The average molecular weight is 159 g/mol. The second-order valence-corrected chi connectivity index (χ2v) is 2.38. The highest BCUT2D eigenvalue weighted by Gasteiger charge is 2.06. The van der Waals surface area contributed by atoms with Crippen LogP contribution in [0.5, 0.6) is 0 Å². The molecular formula is C8H21N3. The van der Waals surface area contributed by atoms with Crippen LogP contribution in [0.3, 0.4) is 0 Å². The van der Waals surface area contributed by atoms with E-state index in [0.29, 0.717) is 0 Å². The molecule has 0 spiro atoms. The van der Waals surface area contributed by atoms with Crippen molar-refractivity contribution in [3.05, 3.63) is 0 Å². The summed E-state index contributed by atoms with van der Waals surface area (Å²) in [7, 11) is 0. The van der Waals surface area contributed by atoms with E-state index in [-0.39, 0.29) is 0 Å². The molecule has 0 saturated carbocycles. The smallest absolute Gasteiger partial charge is 0.0108 e. The molecule has 0 atom stereocenters. The SMILES string of the molecule is CC.NCCN1CCNCC1. The zero-order chi connectivity index (χ0) is 8.53. The molecule has 11 heavy (non-hydrogen) atoms. The van der Waals surface area contributed by atoms with Crippen LogP contribution in [0.4, 0.5) is 0 Å². The van der Waals surface area contributed by atoms with Crippen LogP contribution in [0, 0.1) is 0 Å². The van der Waals surface area contributed by atoms with Crippen molar-refractivity contribution in [3.8, 4) is 0 Å². The monoisotopic (exact) mass is 159 g/mol. The third-order valence-corrected chi connectivity index (χ3v) is 1.65. The predicted molar refractivity (Wildman–Crippen MR) is 49.7 cm³/mol. The summed E-state index contributed by atoms with van der Waals surface area (Å²) in [6.07, 6.45) is 0. The van der Waals surface area contributed by atoms with Gasteiger partial charge < -0.3 is 11.1 Å². The largest absolute Gasteiger partial charge is 0.329 e. The van der Waals surface area contributed by atoms with E-state index < -0.39 is 0 Å². The molecule has 3 heteroatoms. The first-order chi connectivity index (χ1) is 5.43. The second kappa shape index (κ2) is 7.98. The van der Waals surface area contributed by atoms with Crippen molar-refractivity contribution in [1.82, 2.24) is 10.2 Å². The van der Waals surface area contributed by atoms with Crippen LogP contribution in [0.2, 0.25) is 0 Å². The number of piperazine rings is 1.